The van der Waals surface area contributed by atoms with Gasteiger partial charge in [-0.15, -0.1) is 20.0 Å². The monoisotopic (exact) mass is 308 g/mol. The lowest BCUT2D eigenvalue weighted by atomic mass is 10.5. The molecule has 8 nitrogen and oxygen atoms in total. The number of nitrogen functional groups attached to an aromatic ring is 1. The van der Waals surface area contributed by atoms with E-state index in [1.807, 2.05) is 0 Å². The maximum Gasteiger partial charge on any atom is 0.357 e. The second kappa shape index (κ2) is 5.06. The Balaban J connectivity index is 1.82. The van der Waals surface area contributed by atoms with E-state index in [4.69, 9.17) is 5.73 Å². The number of hydrogen-bond donors (Lipinski definition) is 1. The van der Waals surface area contributed by atoms with Crippen molar-refractivity contribution >= 4 is 39.8 Å². The summed E-state index contributed by atoms with van der Waals surface area (Å²) in [6.45, 7) is 0. The molecular formula is C10H8N6O2S2. The first kappa shape index (κ1) is 12.8. The fraction of sp³-hybridized carbons (Fsp3) is 0.100. The van der Waals surface area contributed by atoms with Crippen LogP contribution in [0, 0.1) is 0 Å². The standard InChI is InChI=1S/C10H8N6O2S2/c11-8-12-13-9(20-8)19-5-7(17)16-10(18)15-4-2-1-3-6(15)14-16/h1-4H,5H2,(H2,11,12). The van der Waals surface area contributed by atoms with Crippen molar-refractivity contribution in [3.8, 4) is 0 Å². The molecule has 10 heteroatoms. The van der Waals surface area contributed by atoms with Gasteiger partial charge in [0.15, 0.2) is 9.99 Å². The van der Waals surface area contributed by atoms with E-state index in [9.17, 15) is 9.59 Å². The summed E-state index contributed by atoms with van der Waals surface area (Å²) in [5.41, 5.74) is 5.39. The fourth-order valence-electron chi connectivity index (χ4n) is 1.55. The maximum absolute atomic E-state index is 12.0. The minimum absolute atomic E-state index is 0.0401. The highest BCUT2D eigenvalue weighted by molar-refractivity contribution is 8.01. The first-order chi connectivity index (χ1) is 9.65. The first-order valence-corrected chi connectivity index (χ1v) is 7.27. The highest BCUT2D eigenvalue weighted by atomic mass is 32.2. The Morgan fingerprint density at radius 3 is 2.95 bits per heavy atom. The van der Waals surface area contributed by atoms with Crippen molar-refractivity contribution in [2.24, 2.45) is 0 Å². The Morgan fingerprint density at radius 1 is 1.40 bits per heavy atom. The van der Waals surface area contributed by atoms with Crippen molar-refractivity contribution in [1.29, 1.82) is 0 Å². The number of fused-ring (bicyclic) bond motifs is 1. The van der Waals surface area contributed by atoms with E-state index in [1.165, 1.54) is 27.5 Å². The summed E-state index contributed by atoms with van der Waals surface area (Å²) in [5, 5.41) is 11.7. The lowest BCUT2D eigenvalue weighted by Crippen LogP contribution is -2.28. The molecular weight excluding hydrogens is 300 g/mol. The molecule has 0 radical (unpaired) electrons. The smallest absolute Gasteiger partial charge is 0.357 e. The molecule has 0 aromatic carbocycles. The van der Waals surface area contributed by atoms with Gasteiger partial charge in [-0.05, 0) is 12.1 Å². The lowest BCUT2D eigenvalue weighted by Gasteiger charge is -1.95. The molecule has 3 heterocycles. The fourth-order valence-corrected chi connectivity index (χ4v) is 3.03. The molecule has 0 unspecified atom stereocenters. The van der Waals surface area contributed by atoms with Gasteiger partial charge in [-0.25, -0.2) is 9.20 Å². The Morgan fingerprint density at radius 2 is 2.25 bits per heavy atom. The summed E-state index contributed by atoms with van der Waals surface area (Å²) in [5.74, 6) is -0.379. The van der Waals surface area contributed by atoms with Crippen LogP contribution in [0.4, 0.5) is 5.13 Å². The number of anilines is 1. The molecule has 102 valence electrons. The number of carbonyl (C=O) groups excluding carboxylic acids is 1. The molecule has 0 saturated heterocycles. The summed E-state index contributed by atoms with van der Waals surface area (Å²) in [6.07, 6.45) is 1.56. The topological polar surface area (TPSA) is 108 Å². The van der Waals surface area contributed by atoms with Gasteiger partial charge in [-0.2, -0.15) is 0 Å². The highest BCUT2D eigenvalue weighted by Gasteiger charge is 2.14. The number of nitrogens with two attached hydrogens (primary N) is 1. The van der Waals surface area contributed by atoms with E-state index in [0.717, 1.165) is 4.68 Å². The van der Waals surface area contributed by atoms with E-state index in [2.05, 4.69) is 15.3 Å². The van der Waals surface area contributed by atoms with Crippen molar-refractivity contribution in [2.45, 2.75) is 4.34 Å². The number of thioether (sulfide) groups is 1. The summed E-state index contributed by atoms with van der Waals surface area (Å²) >= 11 is 2.36. The van der Waals surface area contributed by atoms with E-state index in [1.54, 1.807) is 24.4 Å². The normalized spacial score (nSPS) is 11.0. The average molecular weight is 308 g/mol. The molecule has 0 aliphatic heterocycles. The number of rotatable bonds is 3. The summed E-state index contributed by atoms with van der Waals surface area (Å²) < 4.78 is 2.74. The zero-order valence-corrected chi connectivity index (χ0v) is 11.6. The summed E-state index contributed by atoms with van der Waals surface area (Å²) in [7, 11) is 0. The number of hydrogen-bond acceptors (Lipinski definition) is 8. The molecule has 3 rings (SSSR count). The van der Waals surface area contributed by atoms with Gasteiger partial charge in [0.1, 0.15) is 0 Å². The van der Waals surface area contributed by atoms with Gasteiger partial charge >= 0.3 is 5.69 Å². The quantitative estimate of drug-likeness (QED) is 0.696. The van der Waals surface area contributed by atoms with Crippen molar-refractivity contribution in [1.82, 2.24) is 24.4 Å². The molecule has 20 heavy (non-hydrogen) atoms. The van der Waals surface area contributed by atoms with Crippen molar-refractivity contribution in [3.63, 3.8) is 0 Å². The van der Waals surface area contributed by atoms with Crippen LogP contribution in [-0.2, 0) is 0 Å². The molecule has 3 aromatic heterocycles. The van der Waals surface area contributed by atoms with Crippen LogP contribution in [0.3, 0.4) is 0 Å². The summed E-state index contributed by atoms with van der Waals surface area (Å²) in [4.78, 5) is 24.0. The predicted octanol–water partition coefficient (Wildman–Crippen LogP) is 0.362. The SMILES string of the molecule is Nc1nnc(SCC(=O)n2nc3ccccn3c2=O)s1. The van der Waals surface area contributed by atoms with Crippen molar-refractivity contribution < 1.29 is 4.79 Å². The lowest BCUT2D eigenvalue weighted by molar-refractivity contribution is 0.0922. The minimum atomic E-state index is -0.483. The van der Waals surface area contributed by atoms with E-state index >= 15 is 0 Å². The predicted molar refractivity (Wildman–Crippen MR) is 75.1 cm³/mol. The highest BCUT2D eigenvalue weighted by Crippen LogP contribution is 2.23. The second-order valence-electron chi connectivity index (χ2n) is 3.71. The Bertz CT molecular complexity index is 836. The Labute approximate surface area is 120 Å². The van der Waals surface area contributed by atoms with Crippen LogP contribution >= 0.6 is 23.1 Å². The van der Waals surface area contributed by atoms with Crippen LogP contribution in [0.25, 0.3) is 5.65 Å². The van der Waals surface area contributed by atoms with Crippen LogP contribution < -0.4 is 11.4 Å². The second-order valence-corrected chi connectivity index (χ2v) is 5.94. The molecule has 0 bridgehead atoms. The summed E-state index contributed by atoms with van der Waals surface area (Å²) in [6, 6.07) is 5.10. The molecule has 0 fully saturated rings. The van der Waals surface area contributed by atoms with Gasteiger partial charge in [0.05, 0.1) is 5.75 Å². The zero-order valence-electron chi connectivity index (χ0n) is 9.96. The van der Waals surface area contributed by atoms with E-state index in [0.29, 0.717) is 15.1 Å². The number of pyridine rings is 1. The molecule has 0 amide bonds. The molecule has 0 aliphatic rings. The van der Waals surface area contributed by atoms with Crippen molar-refractivity contribution in [3.05, 3.63) is 34.9 Å². The van der Waals surface area contributed by atoms with Crippen LogP contribution in [0.15, 0.2) is 33.5 Å². The van der Waals surface area contributed by atoms with Crippen LogP contribution in [0.1, 0.15) is 4.79 Å². The third-order valence-electron chi connectivity index (χ3n) is 2.41. The molecule has 0 spiro atoms. The largest absolute Gasteiger partial charge is 0.374 e. The van der Waals surface area contributed by atoms with Crippen LogP contribution in [0.2, 0.25) is 0 Å². The zero-order chi connectivity index (χ0) is 14.1. The molecule has 0 saturated carbocycles. The molecule has 0 atom stereocenters. The third-order valence-corrected chi connectivity index (χ3v) is 4.28. The van der Waals surface area contributed by atoms with Gasteiger partial charge in [-0.1, -0.05) is 29.2 Å². The van der Waals surface area contributed by atoms with Crippen LogP contribution in [-0.4, -0.2) is 36.0 Å². The van der Waals surface area contributed by atoms with Gasteiger partial charge in [0.25, 0.3) is 5.91 Å². The Kier molecular flexibility index (Phi) is 3.24. The van der Waals surface area contributed by atoms with Gasteiger partial charge in [-0.3, -0.25) is 4.79 Å². The van der Waals surface area contributed by atoms with Gasteiger partial charge in [0.2, 0.25) is 5.13 Å². The van der Waals surface area contributed by atoms with Gasteiger partial charge in [0, 0.05) is 6.20 Å². The molecule has 2 N–H and O–H groups in total. The maximum atomic E-state index is 12.0. The van der Waals surface area contributed by atoms with E-state index < -0.39 is 11.6 Å². The number of carbonyl (C=O) groups is 1. The molecule has 3 aromatic rings. The van der Waals surface area contributed by atoms with Crippen LogP contribution in [0.5, 0.6) is 0 Å². The number of aromatic nitrogens is 5. The third kappa shape index (κ3) is 2.30. The number of nitrogens with zero attached hydrogens (tertiary/aromatic N) is 5. The first-order valence-electron chi connectivity index (χ1n) is 5.46. The van der Waals surface area contributed by atoms with Gasteiger partial charge < -0.3 is 5.73 Å². The van der Waals surface area contributed by atoms with Crippen molar-refractivity contribution in [2.75, 3.05) is 11.5 Å². The van der Waals surface area contributed by atoms with E-state index in [-0.39, 0.29) is 5.75 Å². The molecule has 0 aliphatic carbocycles. The Hall–Kier alpha value is -2.20. The average Bonchev–Trinajstić information content (AvgIpc) is 3.01. The minimum Gasteiger partial charge on any atom is -0.374 e.